The minimum Gasteiger partial charge on any atom is -0.493 e. The van der Waals surface area contributed by atoms with Crippen molar-refractivity contribution in [3.8, 4) is 11.5 Å². The third-order valence-electron chi connectivity index (χ3n) is 4.36. The molecule has 23 heavy (non-hydrogen) atoms. The molecule has 128 valence electrons. The lowest BCUT2D eigenvalue weighted by atomic mass is 10.1. The molecule has 1 aliphatic carbocycles. The van der Waals surface area contributed by atoms with Crippen LogP contribution in [0.15, 0.2) is 23.2 Å². The smallest absolute Gasteiger partial charge is 0.194 e. The molecule has 5 nitrogen and oxygen atoms in total. The van der Waals surface area contributed by atoms with Gasteiger partial charge in [0, 0.05) is 25.7 Å². The van der Waals surface area contributed by atoms with Crippen LogP contribution in [0.1, 0.15) is 31.2 Å². The minimum absolute atomic E-state index is 0. The number of methoxy groups -OCH3 is 1. The SMILES string of the molecule is COc1cccc(CNC2=NCCN2C)c1OC1CCCC1.I. The third-order valence-corrected chi connectivity index (χ3v) is 4.36. The van der Waals surface area contributed by atoms with Crippen LogP contribution >= 0.6 is 24.0 Å². The van der Waals surface area contributed by atoms with E-state index >= 15 is 0 Å². The fraction of sp³-hybridized carbons (Fsp3) is 0.588. The number of hydrogen-bond donors (Lipinski definition) is 1. The summed E-state index contributed by atoms with van der Waals surface area (Å²) < 4.78 is 11.7. The maximum Gasteiger partial charge on any atom is 0.194 e. The summed E-state index contributed by atoms with van der Waals surface area (Å²) in [5, 5.41) is 3.40. The van der Waals surface area contributed by atoms with E-state index in [0.717, 1.165) is 49.0 Å². The first-order valence-electron chi connectivity index (χ1n) is 8.10. The van der Waals surface area contributed by atoms with Crippen LogP contribution in [0.4, 0.5) is 0 Å². The second kappa shape index (κ2) is 8.61. The topological polar surface area (TPSA) is 46.1 Å². The van der Waals surface area contributed by atoms with Crippen molar-refractivity contribution in [2.75, 3.05) is 27.2 Å². The predicted molar refractivity (Wildman–Crippen MR) is 103 cm³/mol. The van der Waals surface area contributed by atoms with E-state index in [-0.39, 0.29) is 24.0 Å². The highest BCUT2D eigenvalue weighted by molar-refractivity contribution is 14.0. The van der Waals surface area contributed by atoms with Crippen molar-refractivity contribution in [2.24, 2.45) is 4.99 Å². The first-order chi connectivity index (χ1) is 10.8. The maximum atomic E-state index is 6.25. The van der Waals surface area contributed by atoms with E-state index < -0.39 is 0 Å². The zero-order valence-electron chi connectivity index (χ0n) is 13.9. The number of likely N-dealkylation sites (N-methyl/N-ethyl adjacent to an activating group) is 1. The Labute approximate surface area is 155 Å². The highest BCUT2D eigenvalue weighted by Crippen LogP contribution is 2.34. The molecule has 0 radical (unpaired) electrons. The lowest BCUT2D eigenvalue weighted by Gasteiger charge is -2.20. The van der Waals surface area contributed by atoms with E-state index in [0.29, 0.717) is 12.6 Å². The van der Waals surface area contributed by atoms with E-state index in [4.69, 9.17) is 9.47 Å². The van der Waals surface area contributed by atoms with E-state index in [1.54, 1.807) is 7.11 Å². The molecule has 0 spiro atoms. The van der Waals surface area contributed by atoms with Gasteiger partial charge < -0.3 is 19.7 Å². The average molecular weight is 431 g/mol. The van der Waals surface area contributed by atoms with Crippen LogP contribution in [-0.4, -0.2) is 44.2 Å². The molecule has 1 aromatic rings. The molecular weight excluding hydrogens is 405 g/mol. The average Bonchev–Trinajstić information content (AvgIpc) is 3.18. The summed E-state index contributed by atoms with van der Waals surface area (Å²) in [5.41, 5.74) is 1.12. The largest absolute Gasteiger partial charge is 0.493 e. The highest BCUT2D eigenvalue weighted by atomic mass is 127. The number of nitrogens with one attached hydrogen (secondary N) is 1. The Bertz CT molecular complexity index is 545. The van der Waals surface area contributed by atoms with Crippen LogP contribution in [0.5, 0.6) is 11.5 Å². The quantitative estimate of drug-likeness (QED) is 0.729. The molecule has 0 atom stereocenters. The predicted octanol–water partition coefficient (Wildman–Crippen LogP) is 3.03. The molecule has 0 aromatic heterocycles. The van der Waals surface area contributed by atoms with Gasteiger partial charge in [0.2, 0.25) is 0 Å². The van der Waals surface area contributed by atoms with E-state index in [9.17, 15) is 0 Å². The number of nitrogens with zero attached hydrogens (tertiary/aromatic N) is 2. The number of benzene rings is 1. The molecule has 1 aromatic carbocycles. The number of para-hydroxylation sites is 1. The molecule has 1 saturated carbocycles. The van der Waals surface area contributed by atoms with Gasteiger partial charge in [-0.2, -0.15) is 0 Å². The van der Waals surface area contributed by atoms with Gasteiger partial charge in [-0.15, -0.1) is 24.0 Å². The molecule has 1 N–H and O–H groups in total. The molecular formula is C17H26IN3O2. The van der Waals surface area contributed by atoms with Gasteiger partial charge in [-0.3, -0.25) is 4.99 Å². The summed E-state index contributed by atoms with van der Waals surface area (Å²) >= 11 is 0. The van der Waals surface area contributed by atoms with Crippen LogP contribution in [0.2, 0.25) is 0 Å². The van der Waals surface area contributed by atoms with Crippen LogP contribution in [-0.2, 0) is 6.54 Å². The molecule has 0 bridgehead atoms. The molecule has 3 rings (SSSR count). The summed E-state index contributed by atoms with van der Waals surface area (Å²) in [6.45, 7) is 2.54. The third kappa shape index (κ3) is 4.43. The minimum atomic E-state index is 0. The fourth-order valence-electron chi connectivity index (χ4n) is 3.07. The number of ether oxygens (including phenoxy) is 2. The Balaban J connectivity index is 0.00000192. The Kier molecular flexibility index (Phi) is 6.80. The zero-order valence-corrected chi connectivity index (χ0v) is 16.2. The number of aliphatic imine (C=N–C) groups is 1. The van der Waals surface area contributed by atoms with Crippen molar-refractivity contribution in [1.29, 1.82) is 0 Å². The van der Waals surface area contributed by atoms with Crippen LogP contribution < -0.4 is 14.8 Å². The van der Waals surface area contributed by atoms with Gasteiger partial charge in [0.05, 0.1) is 19.8 Å². The van der Waals surface area contributed by atoms with Crippen LogP contribution in [0.25, 0.3) is 0 Å². The van der Waals surface area contributed by atoms with Crippen molar-refractivity contribution < 1.29 is 9.47 Å². The highest BCUT2D eigenvalue weighted by Gasteiger charge is 2.21. The lowest BCUT2D eigenvalue weighted by molar-refractivity contribution is 0.198. The molecule has 2 aliphatic rings. The molecule has 6 heteroatoms. The van der Waals surface area contributed by atoms with Gasteiger partial charge in [0.25, 0.3) is 0 Å². The molecule has 0 unspecified atom stereocenters. The summed E-state index contributed by atoms with van der Waals surface area (Å²) in [7, 11) is 3.75. The van der Waals surface area contributed by atoms with E-state index in [1.807, 2.05) is 12.1 Å². The molecule has 1 fully saturated rings. The Hall–Kier alpha value is -1.18. The summed E-state index contributed by atoms with van der Waals surface area (Å²) in [4.78, 5) is 6.60. The maximum absolute atomic E-state index is 6.25. The second-order valence-electron chi connectivity index (χ2n) is 5.95. The Morgan fingerprint density at radius 3 is 2.74 bits per heavy atom. The first-order valence-corrected chi connectivity index (χ1v) is 8.10. The number of halogens is 1. The molecule has 0 saturated heterocycles. The summed E-state index contributed by atoms with van der Waals surface area (Å²) in [5.74, 6) is 2.65. The molecule has 1 heterocycles. The van der Waals surface area contributed by atoms with Crippen molar-refractivity contribution in [3.05, 3.63) is 23.8 Å². The van der Waals surface area contributed by atoms with E-state index in [2.05, 4.69) is 28.3 Å². The Morgan fingerprint density at radius 2 is 2.09 bits per heavy atom. The monoisotopic (exact) mass is 431 g/mol. The second-order valence-corrected chi connectivity index (χ2v) is 5.95. The molecule has 1 aliphatic heterocycles. The van der Waals surface area contributed by atoms with E-state index in [1.165, 1.54) is 12.8 Å². The number of hydrogen-bond acceptors (Lipinski definition) is 5. The lowest BCUT2D eigenvalue weighted by Crippen LogP contribution is -2.35. The Morgan fingerprint density at radius 1 is 1.30 bits per heavy atom. The van der Waals surface area contributed by atoms with Gasteiger partial charge in [-0.1, -0.05) is 12.1 Å². The fourth-order valence-corrected chi connectivity index (χ4v) is 3.07. The van der Waals surface area contributed by atoms with Crippen molar-refractivity contribution >= 4 is 29.9 Å². The van der Waals surface area contributed by atoms with Gasteiger partial charge >= 0.3 is 0 Å². The standard InChI is InChI=1S/C17H25N3O2.HI/c1-20-11-10-18-17(20)19-12-13-6-5-9-15(21-2)16(13)22-14-7-3-4-8-14;/h5-6,9,14H,3-4,7-8,10-12H2,1-2H3,(H,18,19);1H. The van der Waals surface area contributed by atoms with Crippen molar-refractivity contribution in [3.63, 3.8) is 0 Å². The van der Waals surface area contributed by atoms with Crippen LogP contribution in [0, 0.1) is 0 Å². The first kappa shape index (κ1) is 18.2. The number of guanidine groups is 1. The van der Waals surface area contributed by atoms with Crippen molar-refractivity contribution in [2.45, 2.75) is 38.3 Å². The van der Waals surface area contributed by atoms with Gasteiger partial charge in [0.1, 0.15) is 0 Å². The normalized spacial score (nSPS) is 17.7. The van der Waals surface area contributed by atoms with Gasteiger partial charge in [0.15, 0.2) is 17.5 Å². The summed E-state index contributed by atoms with van der Waals surface area (Å²) in [6, 6.07) is 6.07. The number of rotatable bonds is 5. The molecule has 0 amide bonds. The van der Waals surface area contributed by atoms with Gasteiger partial charge in [-0.05, 0) is 31.7 Å². The van der Waals surface area contributed by atoms with Crippen molar-refractivity contribution in [1.82, 2.24) is 10.2 Å². The summed E-state index contributed by atoms with van der Waals surface area (Å²) in [6.07, 6.45) is 5.12. The van der Waals surface area contributed by atoms with Gasteiger partial charge in [-0.25, -0.2) is 0 Å². The van der Waals surface area contributed by atoms with Crippen LogP contribution in [0.3, 0.4) is 0 Å². The zero-order chi connectivity index (χ0) is 15.4.